The monoisotopic (exact) mass is 566 g/mol. The number of aromatic nitrogens is 2. The molecule has 2 aromatic rings. The molecule has 9 nitrogen and oxygen atoms in total. The number of amidine groups is 1. The number of alkyl halides is 2. The molecule has 0 N–H and O–H groups in total. The van der Waals surface area contributed by atoms with E-state index in [0.29, 0.717) is 40.3 Å². The summed E-state index contributed by atoms with van der Waals surface area (Å²) in [6, 6.07) is 2.92. The molecule has 3 aliphatic rings. The summed E-state index contributed by atoms with van der Waals surface area (Å²) in [5.74, 6) is 7.35. The molecule has 2 aliphatic heterocycles. The van der Waals surface area contributed by atoms with Crippen LogP contribution in [0.1, 0.15) is 31.9 Å². The molecule has 2 fully saturated rings. The van der Waals surface area contributed by atoms with Gasteiger partial charge in [-0.2, -0.15) is 0 Å². The molecule has 2 aromatic heterocycles. The van der Waals surface area contributed by atoms with E-state index in [1.165, 1.54) is 42.2 Å². The number of carbonyl (C=O) groups is 1. The van der Waals surface area contributed by atoms with Crippen molar-refractivity contribution in [3.63, 3.8) is 0 Å². The number of anilines is 1. The van der Waals surface area contributed by atoms with E-state index in [4.69, 9.17) is 14.8 Å². The van der Waals surface area contributed by atoms with Gasteiger partial charge in [-0.15, -0.1) is 0 Å². The Balaban J connectivity index is 0.00000336. The van der Waals surface area contributed by atoms with Gasteiger partial charge in [0.25, 0.3) is 12.3 Å². The SMILES string of the molecule is COc1cnc(C(F)F)cc1-c1cc(N2CC(C)OCC2=O)ncc1[N-]C1=NN(C)C(C#CC2CC2)S1.[K+]. The summed E-state index contributed by atoms with van der Waals surface area (Å²) in [5, 5.41) is 11.2. The van der Waals surface area contributed by atoms with E-state index in [-0.39, 0.29) is 81.1 Å². The topological polar surface area (TPSA) is 94.2 Å². The van der Waals surface area contributed by atoms with Crippen LogP contribution in [0.3, 0.4) is 0 Å². The Morgan fingerprint density at radius 3 is 2.71 bits per heavy atom. The van der Waals surface area contributed by atoms with Crippen LogP contribution in [-0.2, 0) is 9.53 Å². The Kier molecular flexibility index (Phi) is 9.67. The summed E-state index contributed by atoms with van der Waals surface area (Å²) in [6.07, 6.45) is 2.07. The van der Waals surface area contributed by atoms with Crippen molar-refractivity contribution in [1.82, 2.24) is 15.0 Å². The zero-order chi connectivity index (χ0) is 26.1. The summed E-state index contributed by atoms with van der Waals surface area (Å²) >= 11 is 1.40. The molecule has 13 heteroatoms. The second-order valence-electron chi connectivity index (χ2n) is 8.90. The van der Waals surface area contributed by atoms with E-state index in [0.717, 1.165) is 12.8 Å². The molecular weight excluding hydrogens is 541 g/mol. The molecule has 2 atom stereocenters. The second kappa shape index (κ2) is 12.6. The third-order valence-corrected chi connectivity index (χ3v) is 7.03. The van der Waals surface area contributed by atoms with Gasteiger partial charge in [0.1, 0.15) is 29.2 Å². The number of thioether (sulfide) groups is 1. The number of methoxy groups -OCH3 is 1. The van der Waals surface area contributed by atoms with Crippen LogP contribution in [0, 0.1) is 17.8 Å². The van der Waals surface area contributed by atoms with E-state index >= 15 is 0 Å². The molecule has 0 aromatic carbocycles. The van der Waals surface area contributed by atoms with E-state index < -0.39 is 12.1 Å². The van der Waals surface area contributed by atoms with E-state index in [1.54, 1.807) is 11.1 Å². The smallest absolute Gasteiger partial charge is 0.494 e. The van der Waals surface area contributed by atoms with Gasteiger partial charge in [0.05, 0.1) is 26.0 Å². The Hall–Kier alpha value is -1.79. The molecule has 4 heterocycles. The number of morpholine rings is 1. The van der Waals surface area contributed by atoms with Crippen molar-refractivity contribution in [2.75, 3.05) is 32.2 Å². The van der Waals surface area contributed by atoms with Crippen LogP contribution in [0.5, 0.6) is 5.75 Å². The molecule has 194 valence electrons. The van der Waals surface area contributed by atoms with Crippen LogP contribution in [0.25, 0.3) is 16.4 Å². The van der Waals surface area contributed by atoms with Gasteiger partial charge >= 0.3 is 51.4 Å². The Labute approximate surface area is 266 Å². The zero-order valence-electron chi connectivity index (χ0n) is 21.5. The van der Waals surface area contributed by atoms with Crippen LogP contribution >= 0.6 is 11.8 Å². The molecule has 5 rings (SSSR count). The standard InChI is InChI=1S/C25H25F2N6O3S.K/c1-14-12-33(22(34)13-36-14)21-9-16(17-8-18(24(26)27)28-11-20(17)35-3)19(10-29-21)30-25-31-32(2)23(37-25)7-6-15-4-5-15;/h8-11,14-15,23-24H,4-5,12-13H2,1-3H3;/q-1;+1. The molecule has 0 radical (unpaired) electrons. The van der Waals surface area contributed by atoms with Crippen LogP contribution in [0.2, 0.25) is 0 Å². The van der Waals surface area contributed by atoms with Crippen molar-refractivity contribution in [1.29, 1.82) is 0 Å². The summed E-state index contributed by atoms with van der Waals surface area (Å²) in [4.78, 5) is 22.4. The second-order valence-corrected chi connectivity index (χ2v) is 9.94. The maximum absolute atomic E-state index is 13.6. The maximum Gasteiger partial charge on any atom is 1.00 e. The average molecular weight is 567 g/mol. The van der Waals surface area contributed by atoms with Gasteiger partial charge < -0.3 is 24.9 Å². The van der Waals surface area contributed by atoms with E-state index in [1.807, 2.05) is 14.0 Å². The number of nitrogens with zero attached hydrogens (tertiary/aromatic N) is 6. The minimum absolute atomic E-state index is 0. The van der Waals surface area contributed by atoms with E-state index in [9.17, 15) is 13.6 Å². The van der Waals surface area contributed by atoms with Crippen molar-refractivity contribution in [2.24, 2.45) is 11.0 Å². The molecule has 1 saturated heterocycles. The quantitative estimate of drug-likeness (QED) is 0.400. The Bertz CT molecular complexity index is 1300. The van der Waals surface area contributed by atoms with Gasteiger partial charge in [0.15, 0.2) is 0 Å². The van der Waals surface area contributed by atoms with Crippen molar-refractivity contribution >= 4 is 34.3 Å². The largest absolute Gasteiger partial charge is 1.00 e. The third kappa shape index (κ3) is 6.67. The first-order valence-corrected chi connectivity index (χ1v) is 12.7. The van der Waals surface area contributed by atoms with Crippen molar-refractivity contribution in [2.45, 2.75) is 37.7 Å². The average Bonchev–Trinajstić information content (AvgIpc) is 3.65. The van der Waals surface area contributed by atoms with Crippen molar-refractivity contribution < 1.29 is 74.4 Å². The minimum Gasteiger partial charge on any atom is -0.494 e. The normalized spacial score (nSPS) is 21.0. The van der Waals surface area contributed by atoms with E-state index in [2.05, 4.69) is 26.9 Å². The number of hydrazone groups is 1. The molecule has 1 aliphatic carbocycles. The summed E-state index contributed by atoms with van der Waals surface area (Å²) in [6.45, 7) is 2.10. The number of ether oxygens (including phenoxy) is 2. The number of halogens is 2. The third-order valence-electron chi connectivity index (χ3n) is 6.00. The Morgan fingerprint density at radius 2 is 2.00 bits per heavy atom. The first kappa shape index (κ1) is 29.2. The number of pyridine rings is 2. The van der Waals surface area contributed by atoms with Crippen LogP contribution in [0.4, 0.5) is 20.3 Å². The fourth-order valence-electron chi connectivity index (χ4n) is 3.84. The van der Waals surface area contributed by atoms with Gasteiger partial charge in [-0.05, 0) is 48.3 Å². The van der Waals surface area contributed by atoms with Crippen molar-refractivity contribution in [3.05, 3.63) is 35.5 Å². The summed E-state index contributed by atoms with van der Waals surface area (Å²) in [7, 11) is 3.26. The number of rotatable bonds is 5. The fraction of sp³-hybridized carbons (Fsp3) is 0.440. The number of hydrogen-bond acceptors (Lipinski definition) is 8. The van der Waals surface area contributed by atoms with Gasteiger partial charge in [-0.3, -0.25) is 14.7 Å². The van der Waals surface area contributed by atoms with Gasteiger partial charge in [0, 0.05) is 24.7 Å². The van der Waals surface area contributed by atoms with Crippen LogP contribution < -0.4 is 61.0 Å². The summed E-state index contributed by atoms with van der Waals surface area (Å²) < 4.78 is 38.0. The molecule has 1 amide bonds. The summed E-state index contributed by atoms with van der Waals surface area (Å²) in [5.41, 5.74) is 0.791. The molecular formula is C25H25F2KN6O3S. The molecule has 0 bridgehead atoms. The van der Waals surface area contributed by atoms with Crippen molar-refractivity contribution in [3.8, 4) is 28.7 Å². The first-order chi connectivity index (χ1) is 17.8. The van der Waals surface area contributed by atoms with Crippen LogP contribution in [-0.4, -0.2) is 64.8 Å². The number of amides is 1. The first-order valence-electron chi connectivity index (χ1n) is 11.8. The zero-order valence-corrected chi connectivity index (χ0v) is 25.5. The minimum atomic E-state index is -2.78. The van der Waals surface area contributed by atoms with Crippen LogP contribution in [0.15, 0.2) is 29.6 Å². The predicted octanol–water partition coefficient (Wildman–Crippen LogP) is 1.54. The van der Waals surface area contributed by atoms with Gasteiger partial charge in [-0.25, -0.2) is 13.8 Å². The fourth-order valence-corrected chi connectivity index (χ4v) is 4.70. The van der Waals surface area contributed by atoms with Gasteiger partial charge in [-0.1, -0.05) is 23.6 Å². The molecule has 0 spiro atoms. The molecule has 1 saturated carbocycles. The molecule has 2 unspecified atom stereocenters. The molecule has 38 heavy (non-hydrogen) atoms. The maximum atomic E-state index is 13.6. The Morgan fingerprint density at radius 1 is 1.21 bits per heavy atom. The number of carbonyl (C=O) groups excluding carboxylic acids is 1. The van der Waals surface area contributed by atoms with Gasteiger partial charge in [0.2, 0.25) is 0 Å². The predicted molar refractivity (Wildman–Crippen MR) is 137 cm³/mol. The number of hydrogen-bond donors (Lipinski definition) is 0.